The Labute approximate surface area is 249 Å². The third-order valence-electron chi connectivity index (χ3n) is 6.76. The molecule has 0 aliphatic rings. The van der Waals surface area contributed by atoms with Gasteiger partial charge < -0.3 is 25.4 Å². The zero-order valence-corrected chi connectivity index (χ0v) is 26.3. The summed E-state index contributed by atoms with van der Waals surface area (Å²) in [7, 11) is 0. The van der Waals surface area contributed by atoms with Gasteiger partial charge in [0.25, 0.3) is 5.91 Å². The zero-order chi connectivity index (χ0) is 30.9. The highest BCUT2D eigenvalue weighted by Crippen LogP contribution is 2.31. The normalized spacial score (nSPS) is 13.7. The van der Waals surface area contributed by atoms with E-state index in [0.717, 1.165) is 24.0 Å². The second-order valence-electron chi connectivity index (χ2n) is 11.9. The lowest BCUT2D eigenvalue weighted by molar-refractivity contribution is -0.144. The molecule has 9 heteroatoms. The fourth-order valence-electron chi connectivity index (χ4n) is 4.48. The molecular formula is C32H46ClN3O5. The third kappa shape index (κ3) is 10.0. The fourth-order valence-corrected chi connectivity index (χ4v) is 4.75. The fraction of sp³-hybridized carbons (Fsp3) is 0.531. The predicted molar refractivity (Wildman–Crippen MR) is 164 cm³/mol. The van der Waals surface area contributed by atoms with Gasteiger partial charge in [-0.1, -0.05) is 68.8 Å². The monoisotopic (exact) mass is 587 g/mol. The molecular weight excluding hydrogens is 542 g/mol. The Balaban J connectivity index is 2.62. The second-order valence-corrected chi connectivity index (χ2v) is 12.3. The maximum absolute atomic E-state index is 14.2. The highest BCUT2D eigenvalue weighted by atomic mass is 35.5. The highest BCUT2D eigenvalue weighted by molar-refractivity contribution is 6.34. The van der Waals surface area contributed by atoms with E-state index in [9.17, 15) is 19.5 Å². The molecule has 0 heterocycles. The van der Waals surface area contributed by atoms with Crippen LogP contribution in [0.3, 0.4) is 0 Å². The van der Waals surface area contributed by atoms with Gasteiger partial charge in [-0.25, -0.2) is 4.79 Å². The summed E-state index contributed by atoms with van der Waals surface area (Å²) < 4.78 is 5.34. The molecule has 0 radical (unpaired) electrons. The first kappa shape index (κ1) is 34.1. The van der Waals surface area contributed by atoms with Crippen molar-refractivity contribution in [3.05, 3.63) is 64.2 Å². The molecule has 226 valence electrons. The first-order chi connectivity index (χ1) is 19.2. The van der Waals surface area contributed by atoms with Gasteiger partial charge in [0.2, 0.25) is 5.91 Å². The molecule has 8 nitrogen and oxygen atoms in total. The van der Waals surface area contributed by atoms with Crippen molar-refractivity contribution in [2.24, 2.45) is 5.92 Å². The van der Waals surface area contributed by atoms with Gasteiger partial charge in [-0.15, -0.1) is 0 Å². The Morgan fingerprint density at radius 2 is 1.66 bits per heavy atom. The van der Waals surface area contributed by atoms with Crippen molar-refractivity contribution in [2.75, 3.05) is 11.9 Å². The Hall–Kier alpha value is -3.10. The molecule has 2 aromatic rings. The quantitative estimate of drug-likeness (QED) is 0.265. The van der Waals surface area contributed by atoms with Crippen molar-refractivity contribution >= 4 is 35.2 Å². The van der Waals surface area contributed by atoms with E-state index in [2.05, 4.69) is 24.5 Å². The lowest BCUT2D eigenvalue weighted by Gasteiger charge is -2.38. The van der Waals surface area contributed by atoms with Crippen molar-refractivity contribution < 1.29 is 24.2 Å². The first-order valence-electron chi connectivity index (χ1n) is 14.3. The van der Waals surface area contributed by atoms with E-state index >= 15 is 0 Å². The summed E-state index contributed by atoms with van der Waals surface area (Å²) in [5.41, 5.74) is 2.12. The lowest BCUT2D eigenvalue weighted by atomic mass is 9.96. The maximum atomic E-state index is 14.2. The number of amides is 3. The third-order valence-corrected chi connectivity index (χ3v) is 7.08. The topological polar surface area (TPSA) is 108 Å². The zero-order valence-electron chi connectivity index (χ0n) is 25.6. The SMILES string of the molecule is CCc1ccc(C(C(=O)Nc2c(C)cccc2Cl)N(C(=O)C(CO)NC(=O)OC(C)(C)C)C(C)CCC(C)C)cc1. The standard InChI is InChI=1S/C32H46ClN3O5/c1-9-23-15-17-24(18-16-23)28(29(38)35-27-21(4)11-10-12-25(27)33)36(22(5)14-13-20(2)3)30(39)26(19-37)34-31(40)41-32(6,7)8/h10-12,15-18,20,22,26,28,37H,9,13-14,19H2,1-8H3,(H,34,40)(H,35,38). The summed E-state index contributed by atoms with van der Waals surface area (Å²) in [6.07, 6.45) is 1.40. The van der Waals surface area contributed by atoms with Crippen LogP contribution in [0.1, 0.15) is 84.0 Å². The smallest absolute Gasteiger partial charge is 0.408 e. The van der Waals surface area contributed by atoms with Crippen LogP contribution in [0.25, 0.3) is 0 Å². The van der Waals surface area contributed by atoms with Gasteiger partial charge in [-0.3, -0.25) is 9.59 Å². The second kappa shape index (κ2) is 15.2. The molecule has 0 aliphatic heterocycles. The number of carbonyl (C=O) groups excluding carboxylic acids is 3. The van der Waals surface area contributed by atoms with Crippen LogP contribution in [0, 0.1) is 12.8 Å². The summed E-state index contributed by atoms with van der Waals surface area (Å²) in [5.74, 6) is -0.681. The van der Waals surface area contributed by atoms with Crippen molar-refractivity contribution in [1.82, 2.24) is 10.2 Å². The van der Waals surface area contributed by atoms with E-state index in [1.807, 2.05) is 51.1 Å². The summed E-state index contributed by atoms with van der Waals surface area (Å²) in [6, 6.07) is 10.1. The number of alkyl carbamates (subject to hydrolysis) is 1. The maximum Gasteiger partial charge on any atom is 0.408 e. The molecule has 0 spiro atoms. The van der Waals surface area contributed by atoms with Crippen LogP contribution in [0.2, 0.25) is 5.02 Å². The molecule has 0 aliphatic carbocycles. The average Bonchev–Trinajstić information content (AvgIpc) is 2.89. The molecule has 3 atom stereocenters. The lowest BCUT2D eigenvalue weighted by Crippen LogP contribution is -2.56. The van der Waals surface area contributed by atoms with Crippen LogP contribution in [-0.2, 0) is 20.7 Å². The van der Waals surface area contributed by atoms with E-state index in [4.69, 9.17) is 16.3 Å². The Morgan fingerprint density at radius 3 is 2.17 bits per heavy atom. The molecule has 41 heavy (non-hydrogen) atoms. The number of aryl methyl sites for hydroxylation is 2. The highest BCUT2D eigenvalue weighted by Gasteiger charge is 2.39. The number of anilines is 1. The van der Waals surface area contributed by atoms with Gasteiger partial charge in [0, 0.05) is 6.04 Å². The molecule has 3 unspecified atom stereocenters. The minimum atomic E-state index is -1.32. The average molecular weight is 588 g/mol. The van der Waals surface area contributed by atoms with Gasteiger partial charge in [0.1, 0.15) is 17.7 Å². The molecule has 0 bridgehead atoms. The number of nitrogens with one attached hydrogen (secondary N) is 2. The molecule has 2 rings (SSSR count). The molecule has 0 saturated carbocycles. The number of benzene rings is 2. The van der Waals surface area contributed by atoms with Gasteiger partial charge >= 0.3 is 6.09 Å². The van der Waals surface area contributed by atoms with Crippen molar-refractivity contribution in [3.63, 3.8) is 0 Å². The predicted octanol–water partition coefficient (Wildman–Crippen LogP) is 6.43. The largest absolute Gasteiger partial charge is 0.444 e. The number of rotatable bonds is 12. The number of hydrogen-bond acceptors (Lipinski definition) is 5. The Bertz CT molecular complexity index is 1160. The summed E-state index contributed by atoms with van der Waals surface area (Å²) >= 11 is 6.45. The van der Waals surface area contributed by atoms with Crippen LogP contribution in [0.15, 0.2) is 42.5 Å². The van der Waals surface area contributed by atoms with Crippen LogP contribution in [0.4, 0.5) is 10.5 Å². The van der Waals surface area contributed by atoms with Crippen molar-refractivity contribution in [1.29, 1.82) is 0 Å². The number of nitrogens with zero attached hydrogens (tertiary/aromatic N) is 1. The molecule has 3 N–H and O–H groups in total. The van der Waals surface area contributed by atoms with Crippen LogP contribution in [-0.4, -0.2) is 52.2 Å². The first-order valence-corrected chi connectivity index (χ1v) is 14.6. The van der Waals surface area contributed by atoms with Gasteiger partial charge in [0.05, 0.1) is 17.3 Å². The van der Waals surface area contributed by atoms with E-state index in [1.165, 1.54) is 4.90 Å². The minimum absolute atomic E-state index is 0.366. The molecule has 3 amide bonds. The minimum Gasteiger partial charge on any atom is -0.444 e. The molecule has 2 aromatic carbocycles. The van der Waals surface area contributed by atoms with E-state index in [0.29, 0.717) is 28.6 Å². The summed E-state index contributed by atoms with van der Waals surface area (Å²) in [4.78, 5) is 42.4. The van der Waals surface area contributed by atoms with Crippen LogP contribution >= 0.6 is 11.6 Å². The number of aliphatic hydroxyl groups excluding tert-OH is 1. The van der Waals surface area contributed by atoms with Gasteiger partial charge in [-0.05, 0) is 82.6 Å². The van der Waals surface area contributed by atoms with E-state index in [-0.39, 0.29) is 0 Å². The molecule has 0 aromatic heterocycles. The van der Waals surface area contributed by atoms with Gasteiger partial charge in [-0.2, -0.15) is 0 Å². The number of aliphatic hydroxyl groups is 1. The number of para-hydroxylation sites is 1. The Kier molecular flexibility index (Phi) is 12.7. The summed E-state index contributed by atoms with van der Waals surface area (Å²) in [6.45, 7) is 14.4. The van der Waals surface area contributed by atoms with Crippen LogP contribution in [0.5, 0.6) is 0 Å². The molecule has 0 saturated heterocycles. The van der Waals surface area contributed by atoms with E-state index < -0.39 is 48.2 Å². The van der Waals surface area contributed by atoms with Crippen molar-refractivity contribution in [2.45, 2.75) is 98.4 Å². The Morgan fingerprint density at radius 1 is 1.02 bits per heavy atom. The summed E-state index contributed by atoms with van der Waals surface area (Å²) in [5, 5.41) is 16.1. The van der Waals surface area contributed by atoms with E-state index in [1.54, 1.807) is 32.9 Å². The molecule has 0 fully saturated rings. The van der Waals surface area contributed by atoms with Gasteiger partial charge in [0.15, 0.2) is 0 Å². The van der Waals surface area contributed by atoms with Crippen molar-refractivity contribution in [3.8, 4) is 0 Å². The number of hydrogen-bond donors (Lipinski definition) is 3. The number of ether oxygens (including phenoxy) is 1. The van der Waals surface area contributed by atoms with Crippen LogP contribution < -0.4 is 10.6 Å². The number of carbonyl (C=O) groups is 3. The number of halogens is 1.